The van der Waals surface area contributed by atoms with Crippen LogP contribution in [0.5, 0.6) is 5.75 Å². The van der Waals surface area contributed by atoms with Crippen molar-refractivity contribution in [2.45, 2.75) is 11.8 Å². The van der Waals surface area contributed by atoms with Gasteiger partial charge in [0.1, 0.15) is 17.6 Å². The van der Waals surface area contributed by atoms with Crippen LogP contribution in [-0.4, -0.2) is 33.6 Å². The molecule has 6 heteroatoms. The minimum absolute atomic E-state index is 0.0938. The molecule has 0 saturated heterocycles. The second-order valence-electron chi connectivity index (χ2n) is 6.21. The zero-order chi connectivity index (χ0) is 18.5. The number of carbonyl (C=O) groups is 2. The fourth-order valence-corrected chi connectivity index (χ4v) is 3.15. The first-order valence-corrected chi connectivity index (χ1v) is 7.98. The summed E-state index contributed by atoms with van der Waals surface area (Å²) in [5.74, 6) is -0.667. The highest BCUT2D eigenvalue weighted by atomic mass is 16.5. The lowest BCUT2D eigenvalue weighted by Crippen LogP contribution is -2.54. The Kier molecular flexibility index (Phi) is 3.54. The van der Waals surface area contributed by atoms with E-state index in [1.807, 2.05) is 0 Å². The van der Waals surface area contributed by atoms with Gasteiger partial charge in [-0.3, -0.25) is 15.3 Å². The summed E-state index contributed by atoms with van der Waals surface area (Å²) in [5, 5.41) is 19.6. The molecule has 2 aromatic rings. The Morgan fingerprint density at radius 1 is 0.962 bits per heavy atom. The average molecular weight is 349 g/mol. The molecule has 6 nitrogen and oxygen atoms in total. The summed E-state index contributed by atoms with van der Waals surface area (Å²) in [4.78, 5) is 25.7. The molecule has 26 heavy (non-hydrogen) atoms. The molecule has 0 bridgehead atoms. The van der Waals surface area contributed by atoms with Gasteiger partial charge >= 0.3 is 0 Å². The van der Waals surface area contributed by atoms with Crippen LogP contribution in [0.25, 0.3) is 0 Å². The maximum atomic E-state index is 12.9. The minimum Gasteiger partial charge on any atom is -0.508 e. The smallest absolute Gasteiger partial charge is 0.208 e. The molecule has 4 rings (SSSR count). The largest absolute Gasteiger partial charge is 0.508 e. The lowest BCUT2D eigenvalue weighted by atomic mass is 9.83. The van der Waals surface area contributed by atoms with Crippen molar-refractivity contribution >= 4 is 11.6 Å². The third kappa shape index (κ3) is 2.35. The molecule has 2 atom stereocenters. The third-order valence-corrected chi connectivity index (χ3v) is 4.51. The van der Waals surface area contributed by atoms with Crippen LogP contribution in [0.4, 0.5) is 0 Å². The van der Waals surface area contributed by atoms with E-state index >= 15 is 0 Å². The molecule has 2 aromatic carbocycles. The van der Waals surface area contributed by atoms with E-state index in [4.69, 9.17) is 10.5 Å². The van der Waals surface area contributed by atoms with Crippen molar-refractivity contribution in [1.82, 2.24) is 0 Å². The second-order valence-corrected chi connectivity index (χ2v) is 6.21. The minimum atomic E-state index is -1.68. The Morgan fingerprint density at radius 2 is 1.62 bits per heavy atom. The Morgan fingerprint density at radius 3 is 2.31 bits per heavy atom. The van der Waals surface area contributed by atoms with Crippen molar-refractivity contribution in [3.63, 3.8) is 0 Å². The summed E-state index contributed by atoms with van der Waals surface area (Å²) in [5.41, 5.74) is 5.39. The normalized spacial score (nSPS) is 23.9. The van der Waals surface area contributed by atoms with Gasteiger partial charge in [0.2, 0.25) is 5.72 Å². The number of aliphatic hydroxyl groups excluding tert-OH is 2. The SMILES string of the molecule is NC1(Oc2cccc3c2C(=O)c2ccccc2C3=O)C=CC(O)=CC1O. The van der Waals surface area contributed by atoms with Crippen molar-refractivity contribution in [3.8, 4) is 5.75 Å². The molecule has 0 radical (unpaired) electrons. The molecule has 0 saturated carbocycles. The van der Waals surface area contributed by atoms with Crippen molar-refractivity contribution in [2.75, 3.05) is 0 Å². The molecule has 130 valence electrons. The van der Waals surface area contributed by atoms with Crippen molar-refractivity contribution in [2.24, 2.45) is 5.73 Å². The number of hydrogen-bond donors (Lipinski definition) is 3. The van der Waals surface area contributed by atoms with E-state index in [0.717, 1.165) is 6.08 Å². The van der Waals surface area contributed by atoms with Gasteiger partial charge in [-0.1, -0.05) is 36.4 Å². The molecule has 0 amide bonds. The standard InChI is InChI=1S/C20H15NO5/c21-20(9-8-11(22)10-16(20)23)26-15-7-3-6-14-17(15)19(25)13-5-2-1-4-12(13)18(14)24/h1-10,16,22-23H,21H2. The molecule has 2 aliphatic carbocycles. The van der Waals surface area contributed by atoms with Gasteiger partial charge in [0.25, 0.3) is 0 Å². The monoisotopic (exact) mass is 349 g/mol. The van der Waals surface area contributed by atoms with Crippen LogP contribution in [0.1, 0.15) is 31.8 Å². The van der Waals surface area contributed by atoms with E-state index in [0.29, 0.717) is 11.1 Å². The van der Waals surface area contributed by atoms with E-state index in [1.165, 1.54) is 18.2 Å². The zero-order valence-electron chi connectivity index (χ0n) is 13.5. The number of ether oxygens (including phenoxy) is 1. The number of fused-ring (bicyclic) bond motifs is 2. The van der Waals surface area contributed by atoms with E-state index in [2.05, 4.69) is 0 Å². The maximum absolute atomic E-state index is 12.9. The van der Waals surface area contributed by atoms with Crippen LogP contribution in [0.3, 0.4) is 0 Å². The topological polar surface area (TPSA) is 110 Å². The molecule has 2 aliphatic rings. The third-order valence-electron chi connectivity index (χ3n) is 4.51. The Hall–Kier alpha value is -3.22. The van der Waals surface area contributed by atoms with Crippen LogP contribution in [-0.2, 0) is 0 Å². The zero-order valence-corrected chi connectivity index (χ0v) is 13.5. The van der Waals surface area contributed by atoms with Crippen molar-refractivity contribution < 1.29 is 24.5 Å². The van der Waals surface area contributed by atoms with E-state index in [-0.39, 0.29) is 34.2 Å². The van der Waals surface area contributed by atoms with Crippen LogP contribution >= 0.6 is 0 Å². The van der Waals surface area contributed by atoms with Gasteiger partial charge in [-0.15, -0.1) is 0 Å². The number of rotatable bonds is 2. The van der Waals surface area contributed by atoms with Gasteiger partial charge in [0, 0.05) is 16.7 Å². The van der Waals surface area contributed by atoms with E-state index in [9.17, 15) is 19.8 Å². The first kappa shape index (κ1) is 16.3. The van der Waals surface area contributed by atoms with Gasteiger partial charge in [0.15, 0.2) is 11.6 Å². The van der Waals surface area contributed by atoms with Gasteiger partial charge in [-0.2, -0.15) is 0 Å². The molecule has 0 spiro atoms. The summed E-state index contributed by atoms with van der Waals surface area (Å²) in [6.45, 7) is 0. The van der Waals surface area contributed by atoms with Crippen LogP contribution in [0, 0.1) is 0 Å². The molecule has 0 aromatic heterocycles. The second kappa shape index (κ2) is 5.66. The summed E-state index contributed by atoms with van der Waals surface area (Å²) in [6, 6.07) is 11.2. The summed E-state index contributed by atoms with van der Waals surface area (Å²) >= 11 is 0. The first-order chi connectivity index (χ1) is 12.4. The number of nitrogens with two attached hydrogens (primary N) is 1. The molecule has 0 heterocycles. The van der Waals surface area contributed by atoms with Crippen LogP contribution in [0.2, 0.25) is 0 Å². The Balaban J connectivity index is 1.81. The highest BCUT2D eigenvalue weighted by Crippen LogP contribution is 2.35. The molecular weight excluding hydrogens is 334 g/mol. The van der Waals surface area contributed by atoms with Crippen molar-refractivity contribution in [1.29, 1.82) is 0 Å². The van der Waals surface area contributed by atoms with Crippen molar-refractivity contribution in [3.05, 3.63) is 88.7 Å². The predicted octanol–water partition coefficient (Wildman–Crippen LogP) is 1.87. The maximum Gasteiger partial charge on any atom is 0.208 e. The molecule has 4 N–H and O–H groups in total. The molecule has 2 unspecified atom stereocenters. The summed E-state index contributed by atoms with van der Waals surface area (Å²) < 4.78 is 5.75. The molecule has 0 aliphatic heterocycles. The van der Waals surface area contributed by atoms with Gasteiger partial charge in [-0.05, 0) is 24.3 Å². The predicted molar refractivity (Wildman–Crippen MR) is 93.2 cm³/mol. The summed E-state index contributed by atoms with van der Waals surface area (Å²) in [7, 11) is 0. The lowest BCUT2D eigenvalue weighted by molar-refractivity contribution is 0.00700. The number of aliphatic hydroxyl groups is 2. The van der Waals surface area contributed by atoms with Gasteiger partial charge < -0.3 is 14.9 Å². The Bertz CT molecular complexity index is 1010. The fraction of sp³-hybridized carbons (Fsp3) is 0.100. The van der Waals surface area contributed by atoms with E-state index in [1.54, 1.807) is 36.4 Å². The number of ketones is 2. The number of hydrogen-bond acceptors (Lipinski definition) is 6. The highest BCUT2D eigenvalue weighted by molar-refractivity contribution is 6.29. The highest BCUT2D eigenvalue weighted by Gasteiger charge is 2.38. The molecule has 0 fully saturated rings. The van der Waals surface area contributed by atoms with Crippen LogP contribution in [0.15, 0.2) is 66.5 Å². The first-order valence-electron chi connectivity index (χ1n) is 7.98. The molecular formula is C20H15NO5. The number of carbonyl (C=O) groups excluding carboxylic acids is 2. The fourth-order valence-electron chi connectivity index (χ4n) is 3.15. The van der Waals surface area contributed by atoms with Gasteiger partial charge in [0.05, 0.1) is 5.56 Å². The van der Waals surface area contributed by atoms with Crippen LogP contribution < -0.4 is 10.5 Å². The van der Waals surface area contributed by atoms with E-state index < -0.39 is 11.8 Å². The average Bonchev–Trinajstić information content (AvgIpc) is 2.63. The number of benzene rings is 2. The summed E-state index contributed by atoms with van der Waals surface area (Å²) in [6.07, 6.45) is 2.40. The number of allylic oxidation sites excluding steroid dienone is 1. The Labute approximate surface area is 148 Å². The van der Waals surface area contributed by atoms with Gasteiger partial charge in [-0.25, -0.2) is 0 Å². The quantitative estimate of drug-likeness (QED) is 0.609. The lowest BCUT2D eigenvalue weighted by Gasteiger charge is -2.33.